The summed E-state index contributed by atoms with van der Waals surface area (Å²) in [5.41, 5.74) is 10.2. The maximum atomic E-state index is 11.8. The molecule has 0 spiro atoms. The highest BCUT2D eigenvalue weighted by Gasteiger charge is 2.28. The largest absolute Gasteiger partial charge is 0.494 e. The number of hydrogen-bond acceptors (Lipinski definition) is 4. The average molecular weight is 544 g/mol. The fourth-order valence-corrected chi connectivity index (χ4v) is 5.51. The number of aromatic hydroxyl groups is 1. The molecule has 0 saturated carbocycles. The van der Waals surface area contributed by atoms with Crippen LogP contribution in [0.1, 0.15) is 46.0 Å². The Kier molecular flexibility index (Phi) is 7.80. The SMILES string of the molecule is CCOC(=Nc1c(C)cccc1C)C(=Nc1c(C)cccc1C)c1c2ccccc2c(O)n1-c1c(C)cccc1C. The smallest absolute Gasteiger partial charge is 0.242 e. The third kappa shape index (κ3) is 5.16. The topological polar surface area (TPSA) is 59.1 Å². The molecule has 1 heterocycles. The summed E-state index contributed by atoms with van der Waals surface area (Å²) < 4.78 is 8.28. The Morgan fingerprint density at radius 2 is 1.10 bits per heavy atom. The molecular formula is C36H37N3O2. The lowest BCUT2D eigenvalue weighted by molar-refractivity contribution is 0.334. The van der Waals surface area contributed by atoms with Crippen molar-refractivity contribution in [1.82, 2.24) is 4.57 Å². The Morgan fingerprint density at radius 3 is 1.61 bits per heavy atom. The first kappa shape index (κ1) is 27.9. The van der Waals surface area contributed by atoms with Crippen LogP contribution in [0.4, 0.5) is 11.4 Å². The second-order valence-corrected chi connectivity index (χ2v) is 10.6. The molecule has 5 aromatic rings. The third-order valence-corrected chi connectivity index (χ3v) is 7.55. The van der Waals surface area contributed by atoms with Crippen LogP contribution in [0.5, 0.6) is 5.88 Å². The molecule has 0 amide bonds. The van der Waals surface area contributed by atoms with Crippen LogP contribution in [0.3, 0.4) is 0 Å². The number of benzene rings is 4. The molecule has 0 atom stereocenters. The predicted molar refractivity (Wildman–Crippen MR) is 171 cm³/mol. The van der Waals surface area contributed by atoms with Crippen LogP contribution in [0.2, 0.25) is 0 Å². The van der Waals surface area contributed by atoms with E-state index >= 15 is 0 Å². The molecule has 0 bridgehead atoms. The molecule has 0 unspecified atom stereocenters. The average Bonchev–Trinajstić information content (AvgIpc) is 3.22. The van der Waals surface area contributed by atoms with E-state index in [1.807, 2.05) is 54.0 Å². The van der Waals surface area contributed by atoms with Crippen LogP contribution >= 0.6 is 0 Å². The van der Waals surface area contributed by atoms with E-state index < -0.39 is 0 Å². The Bertz CT molecular complexity index is 1760. The summed E-state index contributed by atoms with van der Waals surface area (Å²) in [6.07, 6.45) is 0. The second-order valence-electron chi connectivity index (χ2n) is 10.6. The van der Waals surface area contributed by atoms with E-state index in [9.17, 15) is 5.11 Å². The maximum Gasteiger partial charge on any atom is 0.242 e. The predicted octanol–water partition coefficient (Wildman–Crippen LogP) is 9.07. The number of aryl methyl sites for hydroxylation is 6. The van der Waals surface area contributed by atoms with Crippen LogP contribution in [-0.4, -0.2) is 27.9 Å². The van der Waals surface area contributed by atoms with Gasteiger partial charge in [0.25, 0.3) is 0 Å². The zero-order valence-corrected chi connectivity index (χ0v) is 24.9. The summed E-state index contributed by atoms with van der Waals surface area (Å²) >= 11 is 0. The number of ether oxygens (including phenoxy) is 1. The Labute approximate surface area is 242 Å². The van der Waals surface area contributed by atoms with Crippen LogP contribution < -0.4 is 0 Å². The van der Waals surface area contributed by atoms with E-state index in [0.717, 1.165) is 66.9 Å². The Morgan fingerprint density at radius 1 is 0.634 bits per heavy atom. The van der Waals surface area contributed by atoms with Crippen LogP contribution in [0.25, 0.3) is 16.5 Å². The summed E-state index contributed by atoms with van der Waals surface area (Å²) in [6, 6.07) is 26.4. The van der Waals surface area contributed by atoms with Crippen molar-refractivity contribution in [2.75, 3.05) is 6.61 Å². The zero-order valence-electron chi connectivity index (χ0n) is 24.9. The molecule has 0 saturated heterocycles. The fraction of sp³-hybridized carbons (Fsp3) is 0.222. The lowest BCUT2D eigenvalue weighted by Gasteiger charge is -2.19. The van der Waals surface area contributed by atoms with Crippen molar-refractivity contribution >= 4 is 33.8 Å². The minimum atomic E-state index is 0.158. The van der Waals surface area contributed by atoms with E-state index in [4.69, 9.17) is 14.7 Å². The number of fused-ring (bicyclic) bond motifs is 1. The van der Waals surface area contributed by atoms with E-state index in [0.29, 0.717) is 18.2 Å². The summed E-state index contributed by atoms with van der Waals surface area (Å²) in [6.45, 7) is 14.7. The standard InChI is InChI=1S/C36H37N3O2/c1-8-41-35(38-31-24(4)16-12-17-25(31)5)32(37-30-22(2)14-11-15-23(30)3)34-28-20-9-10-21-29(28)36(40)39(34)33-26(6)18-13-19-27(33)7/h9-21,40H,8H2,1-7H3. The first-order valence-electron chi connectivity index (χ1n) is 14.0. The van der Waals surface area contributed by atoms with Crippen molar-refractivity contribution in [2.45, 2.75) is 48.5 Å². The van der Waals surface area contributed by atoms with Crippen LogP contribution in [0, 0.1) is 41.5 Å². The van der Waals surface area contributed by atoms with Crippen molar-refractivity contribution in [1.29, 1.82) is 0 Å². The first-order valence-corrected chi connectivity index (χ1v) is 14.0. The van der Waals surface area contributed by atoms with Crippen molar-refractivity contribution in [3.8, 4) is 11.6 Å². The van der Waals surface area contributed by atoms with Gasteiger partial charge >= 0.3 is 0 Å². The Balaban J connectivity index is 1.97. The van der Waals surface area contributed by atoms with E-state index in [2.05, 4.69) is 77.9 Å². The zero-order chi connectivity index (χ0) is 29.3. The summed E-state index contributed by atoms with van der Waals surface area (Å²) in [7, 11) is 0. The van der Waals surface area contributed by atoms with Gasteiger partial charge in [0.15, 0.2) is 5.71 Å². The molecule has 1 aromatic heterocycles. The summed E-state index contributed by atoms with van der Waals surface area (Å²) in [5, 5.41) is 13.4. The molecule has 5 nitrogen and oxygen atoms in total. The highest BCUT2D eigenvalue weighted by molar-refractivity contribution is 6.48. The highest BCUT2D eigenvalue weighted by Crippen LogP contribution is 2.38. The first-order chi connectivity index (χ1) is 19.7. The molecule has 5 heteroatoms. The van der Waals surface area contributed by atoms with Gasteiger partial charge in [-0.1, -0.05) is 72.8 Å². The van der Waals surface area contributed by atoms with E-state index in [-0.39, 0.29) is 5.88 Å². The number of rotatable bonds is 6. The monoisotopic (exact) mass is 543 g/mol. The van der Waals surface area contributed by atoms with Crippen LogP contribution in [0.15, 0.2) is 88.8 Å². The van der Waals surface area contributed by atoms with Crippen LogP contribution in [-0.2, 0) is 4.74 Å². The summed E-state index contributed by atoms with van der Waals surface area (Å²) in [5.74, 6) is 0.563. The van der Waals surface area contributed by atoms with Gasteiger partial charge in [0, 0.05) is 10.8 Å². The molecule has 1 N–H and O–H groups in total. The quantitative estimate of drug-likeness (QED) is 0.171. The number of hydrogen-bond donors (Lipinski definition) is 1. The molecule has 0 fully saturated rings. The van der Waals surface area contributed by atoms with Crippen molar-refractivity contribution in [2.24, 2.45) is 9.98 Å². The van der Waals surface area contributed by atoms with Crippen molar-refractivity contribution < 1.29 is 9.84 Å². The lowest BCUT2D eigenvalue weighted by Crippen LogP contribution is -2.23. The molecular weight excluding hydrogens is 506 g/mol. The van der Waals surface area contributed by atoms with Crippen molar-refractivity contribution in [3.63, 3.8) is 0 Å². The van der Waals surface area contributed by atoms with Gasteiger partial charge in [0.1, 0.15) is 0 Å². The van der Waals surface area contributed by atoms with Gasteiger partial charge in [-0.05, 0) is 87.9 Å². The number of aliphatic imine (C=N–C) groups is 2. The van der Waals surface area contributed by atoms with Gasteiger partial charge in [0.2, 0.25) is 11.8 Å². The minimum absolute atomic E-state index is 0.158. The summed E-state index contributed by atoms with van der Waals surface area (Å²) in [4.78, 5) is 10.5. The van der Waals surface area contributed by atoms with Gasteiger partial charge in [-0.3, -0.25) is 4.57 Å². The maximum absolute atomic E-state index is 11.8. The van der Waals surface area contributed by atoms with E-state index in [1.54, 1.807) is 0 Å². The number of nitrogens with zero attached hydrogens (tertiary/aromatic N) is 3. The van der Waals surface area contributed by atoms with Gasteiger partial charge in [-0.2, -0.15) is 0 Å². The molecule has 208 valence electrons. The Hall–Kier alpha value is -4.64. The highest BCUT2D eigenvalue weighted by atomic mass is 16.5. The molecule has 0 aliphatic heterocycles. The van der Waals surface area contributed by atoms with Gasteiger partial charge in [-0.25, -0.2) is 9.98 Å². The molecule has 0 aliphatic carbocycles. The van der Waals surface area contributed by atoms with Gasteiger partial charge < -0.3 is 9.84 Å². The minimum Gasteiger partial charge on any atom is -0.494 e. The lowest BCUT2D eigenvalue weighted by atomic mass is 10.1. The van der Waals surface area contributed by atoms with Gasteiger partial charge in [0.05, 0.1) is 29.4 Å². The second kappa shape index (κ2) is 11.5. The fourth-order valence-electron chi connectivity index (χ4n) is 5.51. The van der Waals surface area contributed by atoms with Gasteiger partial charge in [-0.15, -0.1) is 0 Å². The normalized spacial score (nSPS) is 12.3. The third-order valence-electron chi connectivity index (χ3n) is 7.55. The number of aromatic nitrogens is 1. The number of para-hydroxylation sites is 3. The van der Waals surface area contributed by atoms with Crippen molar-refractivity contribution in [3.05, 3.63) is 118 Å². The molecule has 41 heavy (non-hydrogen) atoms. The molecule has 5 rings (SSSR count). The van der Waals surface area contributed by atoms with E-state index in [1.165, 1.54) is 0 Å². The molecule has 4 aromatic carbocycles. The molecule has 0 aliphatic rings. The molecule has 0 radical (unpaired) electrons.